The SMILES string of the molecule is [B]Cc1c2c(nc3ccccc13)-c1cc3c(c(=O)n1C2)COC(=O)[C@]3(O)CC. The van der Waals surface area contributed by atoms with Crippen LogP contribution in [0.4, 0.5) is 0 Å². The highest BCUT2D eigenvalue weighted by Gasteiger charge is 2.45. The predicted molar refractivity (Wildman–Crippen MR) is 104 cm³/mol. The number of hydrogen-bond donors (Lipinski definition) is 1. The lowest BCUT2D eigenvalue weighted by Crippen LogP contribution is -2.44. The molecule has 1 atom stereocenters. The molecular formula is C21H17BN2O4. The molecule has 4 heterocycles. The van der Waals surface area contributed by atoms with Crippen molar-refractivity contribution in [3.05, 3.63) is 62.9 Å². The zero-order chi connectivity index (χ0) is 19.6. The van der Waals surface area contributed by atoms with Crippen LogP contribution in [-0.4, -0.2) is 28.5 Å². The molecule has 138 valence electrons. The molecule has 1 N–H and O–H groups in total. The summed E-state index contributed by atoms with van der Waals surface area (Å²) in [6, 6.07) is 9.45. The Morgan fingerprint density at radius 2 is 2.07 bits per heavy atom. The van der Waals surface area contributed by atoms with E-state index in [1.807, 2.05) is 24.3 Å². The van der Waals surface area contributed by atoms with E-state index in [-0.39, 0.29) is 18.6 Å². The topological polar surface area (TPSA) is 81.4 Å². The van der Waals surface area contributed by atoms with Crippen LogP contribution < -0.4 is 5.56 Å². The van der Waals surface area contributed by atoms with Gasteiger partial charge >= 0.3 is 5.97 Å². The van der Waals surface area contributed by atoms with Crippen LogP contribution >= 0.6 is 0 Å². The number of pyridine rings is 2. The van der Waals surface area contributed by atoms with Gasteiger partial charge in [-0.1, -0.05) is 31.4 Å². The number of aliphatic hydroxyl groups is 1. The van der Waals surface area contributed by atoms with Crippen LogP contribution in [0.1, 0.15) is 35.6 Å². The van der Waals surface area contributed by atoms with Gasteiger partial charge in [0.25, 0.3) is 5.56 Å². The molecule has 7 heteroatoms. The first-order valence-electron chi connectivity index (χ1n) is 9.27. The minimum atomic E-state index is -1.82. The van der Waals surface area contributed by atoms with E-state index < -0.39 is 11.6 Å². The molecule has 0 saturated carbocycles. The molecule has 3 aromatic rings. The summed E-state index contributed by atoms with van der Waals surface area (Å²) >= 11 is 0. The van der Waals surface area contributed by atoms with E-state index in [4.69, 9.17) is 17.6 Å². The highest BCUT2D eigenvalue weighted by Crippen LogP contribution is 2.40. The van der Waals surface area contributed by atoms with Gasteiger partial charge in [-0.2, -0.15) is 0 Å². The third kappa shape index (κ3) is 2.05. The molecule has 2 aliphatic rings. The zero-order valence-corrected chi connectivity index (χ0v) is 15.4. The van der Waals surface area contributed by atoms with Gasteiger partial charge in [-0.3, -0.25) is 4.79 Å². The average Bonchev–Trinajstić information content (AvgIpc) is 3.08. The number of hydrogen-bond acceptors (Lipinski definition) is 5. The van der Waals surface area contributed by atoms with E-state index in [2.05, 4.69) is 0 Å². The van der Waals surface area contributed by atoms with Gasteiger partial charge < -0.3 is 14.4 Å². The van der Waals surface area contributed by atoms with Crippen LogP contribution in [-0.2, 0) is 34.6 Å². The third-order valence-corrected chi connectivity index (χ3v) is 5.92. The average molecular weight is 372 g/mol. The number of fused-ring (bicyclic) bond motifs is 5. The first-order chi connectivity index (χ1) is 13.5. The maximum atomic E-state index is 13.2. The highest BCUT2D eigenvalue weighted by molar-refractivity contribution is 6.10. The van der Waals surface area contributed by atoms with Crippen LogP contribution in [0.5, 0.6) is 0 Å². The van der Waals surface area contributed by atoms with Gasteiger partial charge in [0, 0.05) is 16.5 Å². The molecule has 0 aliphatic carbocycles. The third-order valence-electron chi connectivity index (χ3n) is 5.92. The molecule has 0 spiro atoms. The minimum Gasteiger partial charge on any atom is -0.458 e. The summed E-state index contributed by atoms with van der Waals surface area (Å²) in [4.78, 5) is 30.2. The number of cyclic esters (lactones) is 1. The Bertz CT molecular complexity index is 1230. The van der Waals surface area contributed by atoms with Gasteiger partial charge in [0.2, 0.25) is 0 Å². The summed E-state index contributed by atoms with van der Waals surface area (Å²) in [5, 5.41) is 11.9. The molecular weight excluding hydrogens is 355 g/mol. The molecule has 0 bridgehead atoms. The number of carbonyl (C=O) groups excluding carboxylic acids is 1. The van der Waals surface area contributed by atoms with Crippen LogP contribution in [0.3, 0.4) is 0 Å². The molecule has 0 amide bonds. The summed E-state index contributed by atoms with van der Waals surface area (Å²) in [5.74, 6) is -0.723. The van der Waals surface area contributed by atoms with Crippen LogP contribution in [0.2, 0.25) is 0 Å². The van der Waals surface area contributed by atoms with Gasteiger partial charge in [0.1, 0.15) is 6.61 Å². The zero-order valence-electron chi connectivity index (χ0n) is 15.4. The van der Waals surface area contributed by atoms with Gasteiger partial charge in [0.15, 0.2) is 5.60 Å². The maximum Gasteiger partial charge on any atom is 0.343 e. The second-order valence-corrected chi connectivity index (χ2v) is 7.24. The molecule has 0 unspecified atom stereocenters. The number of nitrogens with zero attached hydrogens (tertiary/aromatic N) is 2. The molecule has 28 heavy (non-hydrogen) atoms. The normalized spacial score (nSPS) is 19.9. The van der Waals surface area contributed by atoms with Crippen molar-refractivity contribution >= 4 is 24.7 Å². The lowest BCUT2D eigenvalue weighted by molar-refractivity contribution is -0.172. The van der Waals surface area contributed by atoms with Crippen molar-refractivity contribution in [3.63, 3.8) is 0 Å². The Labute approximate surface area is 162 Å². The number of ether oxygens (including phenoxy) is 1. The Hall–Kier alpha value is -2.93. The van der Waals surface area contributed by atoms with Crippen molar-refractivity contribution in [2.24, 2.45) is 0 Å². The van der Waals surface area contributed by atoms with Gasteiger partial charge in [-0.05, 0) is 24.1 Å². The predicted octanol–water partition coefficient (Wildman–Crippen LogP) is 1.75. The molecule has 6 nitrogen and oxygen atoms in total. The van der Waals surface area contributed by atoms with Crippen molar-refractivity contribution in [2.45, 2.75) is 38.4 Å². The van der Waals surface area contributed by atoms with Crippen molar-refractivity contribution in [1.29, 1.82) is 0 Å². The van der Waals surface area contributed by atoms with Crippen molar-refractivity contribution < 1.29 is 14.6 Å². The van der Waals surface area contributed by atoms with E-state index in [0.717, 1.165) is 22.0 Å². The van der Waals surface area contributed by atoms with E-state index in [0.29, 0.717) is 35.4 Å². The number of benzene rings is 1. The molecule has 0 saturated heterocycles. The number of carbonyl (C=O) groups is 1. The molecule has 2 aromatic heterocycles. The number of para-hydroxylation sites is 1. The lowest BCUT2D eigenvalue weighted by Gasteiger charge is -2.31. The van der Waals surface area contributed by atoms with Crippen LogP contribution in [0.15, 0.2) is 35.1 Å². The lowest BCUT2D eigenvalue weighted by atomic mass is 9.85. The monoisotopic (exact) mass is 372 g/mol. The van der Waals surface area contributed by atoms with E-state index in [9.17, 15) is 14.7 Å². The van der Waals surface area contributed by atoms with E-state index >= 15 is 0 Å². The summed E-state index contributed by atoms with van der Waals surface area (Å²) < 4.78 is 6.73. The summed E-state index contributed by atoms with van der Waals surface area (Å²) in [7, 11) is 6.05. The van der Waals surface area contributed by atoms with Gasteiger partial charge in [-0.25, -0.2) is 9.78 Å². The second-order valence-electron chi connectivity index (χ2n) is 7.24. The minimum absolute atomic E-state index is 0.119. The molecule has 5 rings (SSSR count). The Morgan fingerprint density at radius 3 is 2.82 bits per heavy atom. The maximum absolute atomic E-state index is 13.2. The number of rotatable bonds is 2. The first-order valence-corrected chi connectivity index (χ1v) is 9.27. The Kier molecular flexibility index (Phi) is 3.55. The quantitative estimate of drug-likeness (QED) is 0.428. The molecule has 1 aromatic carbocycles. The summed E-state index contributed by atoms with van der Waals surface area (Å²) in [5.41, 5.74) is 2.49. The fourth-order valence-electron chi connectivity index (χ4n) is 4.35. The molecule has 2 radical (unpaired) electrons. The van der Waals surface area contributed by atoms with E-state index in [1.54, 1.807) is 17.6 Å². The van der Waals surface area contributed by atoms with E-state index in [1.165, 1.54) is 0 Å². The molecule has 2 aliphatic heterocycles. The Balaban J connectivity index is 1.84. The second kappa shape index (κ2) is 5.78. The Morgan fingerprint density at radius 1 is 1.29 bits per heavy atom. The number of esters is 1. The number of aromatic nitrogens is 2. The highest BCUT2D eigenvalue weighted by atomic mass is 16.6. The van der Waals surface area contributed by atoms with Crippen molar-refractivity contribution in [1.82, 2.24) is 9.55 Å². The van der Waals surface area contributed by atoms with Crippen LogP contribution in [0, 0.1) is 0 Å². The van der Waals surface area contributed by atoms with Crippen molar-refractivity contribution in [3.8, 4) is 11.4 Å². The molecule has 0 fully saturated rings. The van der Waals surface area contributed by atoms with Crippen molar-refractivity contribution in [2.75, 3.05) is 0 Å². The summed E-state index contributed by atoms with van der Waals surface area (Å²) in [6.07, 6.45) is 0.447. The fraction of sp³-hybridized carbons (Fsp3) is 0.286. The largest absolute Gasteiger partial charge is 0.458 e. The fourth-order valence-corrected chi connectivity index (χ4v) is 4.35. The van der Waals surface area contributed by atoms with Crippen LogP contribution in [0.25, 0.3) is 22.3 Å². The van der Waals surface area contributed by atoms with Gasteiger partial charge in [-0.15, -0.1) is 0 Å². The van der Waals surface area contributed by atoms with Gasteiger partial charge in [0.05, 0.1) is 36.9 Å². The summed E-state index contributed by atoms with van der Waals surface area (Å²) in [6.45, 7) is 1.91. The first kappa shape index (κ1) is 17.2. The smallest absolute Gasteiger partial charge is 0.343 e. The standard InChI is InChI=1S/C21H17BN2O4/c1-2-21(27)15-7-17-18-13(9-24(17)19(25)14(15)10-28-20(21)26)12(8-22)11-5-3-4-6-16(11)23-18/h3-7,27H,2,8-10H2,1H3/t21-/m0/s1.